The SMILES string of the molecule is Cc1ccc(S(=O)(=O)Nc2ccc(NC3CCCC3)cc2)cc1C. The Bertz CT molecular complexity index is 808. The predicted molar refractivity (Wildman–Crippen MR) is 99.0 cm³/mol. The van der Waals surface area contributed by atoms with Crippen molar-refractivity contribution in [2.24, 2.45) is 0 Å². The number of hydrogen-bond donors (Lipinski definition) is 2. The van der Waals surface area contributed by atoms with Crippen LogP contribution in [-0.2, 0) is 10.0 Å². The minimum Gasteiger partial charge on any atom is -0.382 e. The van der Waals surface area contributed by atoms with Gasteiger partial charge in [0.15, 0.2) is 0 Å². The summed E-state index contributed by atoms with van der Waals surface area (Å²) >= 11 is 0. The number of anilines is 2. The van der Waals surface area contributed by atoms with Crippen LogP contribution in [0, 0.1) is 13.8 Å². The number of aryl methyl sites for hydroxylation is 2. The first kappa shape index (κ1) is 16.8. The molecule has 1 aliphatic rings. The van der Waals surface area contributed by atoms with Gasteiger partial charge in [-0.25, -0.2) is 8.42 Å². The van der Waals surface area contributed by atoms with Crippen molar-refractivity contribution in [2.75, 3.05) is 10.0 Å². The average molecular weight is 344 g/mol. The van der Waals surface area contributed by atoms with E-state index < -0.39 is 10.0 Å². The van der Waals surface area contributed by atoms with Crippen molar-refractivity contribution in [1.82, 2.24) is 0 Å². The van der Waals surface area contributed by atoms with Crippen molar-refractivity contribution in [3.63, 3.8) is 0 Å². The van der Waals surface area contributed by atoms with E-state index >= 15 is 0 Å². The first-order chi connectivity index (χ1) is 11.4. The van der Waals surface area contributed by atoms with Crippen LogP contribution in [0.2, 0.25) is 0 Å². The third-order valence-electron chi connectivity index (χ3n) is 4.65. The van der Waals surface area contributed by atoms with Crippen molar-refractivity contribution >= 4 is 21.4 Å². The zero-order valence-corrected chi connectivity index (χ0v) is 15.0. The van der Waals surface area contributed by atoms with Crippen LogP contribution >= 0.6 is 0 Å². The normalized spacial score (nSPS) is 15.4. The molecule has 2 N–H and O–H groups in total. The van der Waals surface area contributed by atoms with E-state index in [-0.39, 0.29) is 0 Å². The summed E-state index contributed by atoms with van der Waals surface area (Å²) < 4.78 is 27.7. The topological polar surface area (TPSA) is 58.2 Å². The van der Waals surface area contributed by atoms with Gasteiger partial charge in [-0.15, -0.1) is 0 Å². The number of rotatable bonds is 5. The molecule has 1 saturated carbocycles. The molecule has 1 aliphatic carbocycles. The van der Waals surface area contributed by atoms with Crippen LogP contribution in [0.3, 0.4) is 0 Å². The van der Waals surface area contributed by atoms with Crippen molar-refractivity contribution in [2.45, 2.75) is 50.5 Å². The Morgan fingerprint density at radius 3 is 2.12 bits per heavy atom. The zero-order chi connectivity index (χ0) is 17.2. The van der Waals surface area contributed by atoms with E-state index in [1.807, 2.05) is 32.0 Å². The highest BCUT2D eigenvalue weighted by Gasteiger charge is 2.16. The van der Waals surface area contributed by atoms with E-state index in [4.69, 9.17) is 0 Å². The molecule has 0 unspecified atom stereocenters. The number of hydrogen-bond acceptors (Lipinski definition) is 3. The van der Waals surface area contributed by atoms with Gasteiger partial charge in [0, 0.05) is 17.4 Å². The van der Waals surface area contributed by atoms with Gasteiger partial charge in [-0.1, -0.05) is 18.9 Å². The van der Waals surface area contributed by atoms with E-state index in [0.717, 1.165) is 16.8 Å². The first-order valence-corrected chi connectivity index (χ1v) is 9.89. The Kier molecular flexibility index (Phi) is 4.81. The van der Waals surface area contributed by atoms with Gasteiger partial charge in [-0.05, 0) is 74.2 Å². The highest BCUT2D eigenvalue weighted by Crippen LogP contribution is 2.24. The summed E-state index contributed by atoms with van der Waals surface area (Å²) in [6, 6.07) is 13.2. The van der Waals surface area contributed by atoms with E-state index in [2.05, 4.69) is 10.0 Å². The fraction of sp³-hybridized carbons (Fsp3) is 0.368. The van der Waals surface area contributed by atoms with Gasteiger partial charge in [0.1, 0.15) is 0 Å². The Morgan fingerprint density at radius 1 is 0.875 bits per heavy atom. The van der Waals surface area contributed by atoms with E-state index in [1.54, 1.807) is 24.3 Å². The second-order valence-corrected chi connectivity index (χ2v) is 8.24. The highest BCUT2D eigenvalue weighted by atomic mass is 32.2. The van der Waals surface area contributed by atoms with Gasteiger partial charge in [-0.2, -0.15) is 0 Å². The molecule has 0 radical (unpaired) electrons. The largest absolute Gasteiger partial charge is 0.382 e. The van der Waals surface area contributed by atoms with Gasteiger partial charge in [0.05, 0.1) is 4.90 Å². The van der Waals surface area contributed by atoms with Crippen molar-refractivity contribution in [3.8, 4) is 0 Å². The van der Waals surface area contributed by atoms with Crippen LogP contribution in [-0.4, -0.2) is 14.5 Å². The maximum Gasteiger partial charge on any atom is 0.261 e. The average Bonchev–Trinajstić information content (AvgIpc) is 3.04. The lowest BCUT2D eigenvalue weighted by molar-refractivity contribution is 0.601. The molecule has 5 heteroatoms. The molecule has 0 aliphatic heterocycles. The Labute approximate surface area is 144 Å². The molecule has 128 valence electrons. The molecular formula is C19H24N2O2S. The summed E-state index contributed by atoms with van der Waals surface area (Å²) in [7, 11) is -3.56. The van der Waals surface area contributed by atoms with Crippen molar-refractivity contribution in [3.05, 3.63) is 53.6 Å². The quantitative estimate of drug-likeness (QED) is 0.842. The minimum atomic E-state index is -3.56. The van der Waals surface area contributed by atoms with E-state index in [1.165, 1.54) is 25.7 Å². The summed E-state index contributed by atoms with van der Waals surface area (Å²) in [4.78, 5) is 0.291. The molecule has 24 heavy (non-hydrogen) atoms. The predicted octanol–water partition coefficient (Wildman–Crippen LogP) is 4.46. The maximum atomic E-state index is 12.5. The molecule has 1 fully saturated rings. The summed E-state index contributed by atoms with van der Waals surface area (Å²) in [5.41, 5.74) is 3.66. The molecule has 0 atom stereocenters. The Balaban J connectivity index is 1.71. The molecule has 4 nitrogen and oxygen atoms in total. The Hall–Kier alpha value is -2.01. The standard InChI is InChI=1S/C19H24N2O2S/c1-14-7-12-19(13-15(14)2)24(22,23)21-18-10-8-17(9-11-18)20-16-5-3-4-6-16/h7-13,16,20-21H,3-6H2,1-2H3. The third-order valence-corrected chi connectivity index (χ3v) is 6.03. The fourth-order valence-electron chi connectivity index (χ4n) is 3.04. The van der Waals surface area contributed by atoms with E-state index in [9.17, 15) is 8.42 Å². The smallest absolute Gasteiger partial charge is 0.261 e. The first-order valence-electron chi connectivity index (χ1n) is 8.41. The molecule has 0 spiro atoms. The molecule has 0 bridgehead atoms. The summed E-state index contributed by atoms with van der Waals surface area (Å²) in [5, 5.41) is 3.50. The van der Waals surface area contributed by atoms with Gasteiger partial charge < -0.3 is 5.32 Å². The molecule has 0 amide bonds. The zero-order valence-electron chi connectivity index (χ0n) is 14.2. The third kappa shape index (κ3) is 3.90. The van der Waals surface area contributed by atoms with Gasteiger partial charge >= 0.3 is 0 Å². The molecule has 2 aromatic carbocycles. The van der Waals surface area contributed by atoms with Crippen LogP contribution in [0.5, 0.6) is 0 Å². The van der Waals surface area contributed by atoms with Crippen molar-refractivity contribution in [1.29, 1.82) is 0 Å². The molecular weight excluding hydrogens is 320 g/mol. The molecule has 3 rings (SSSR count). The summed E-state index contributed by atoms with van der Waals surface area (Å²) in [6.07, 6.45) is 4.99. The van der Waals surface area contributed by atoms with Crippen molar-refractivity contribution < 1.29 is 8.42 Å². The highest BCUT2D eigenvalue weighted by molar-refractivity contribution is 7.92. The molecule has 2 aromatic rings. The Morgan fingerprint density at radius 2 is 1.50 bits per heavy atom. The fourth-order valence-corrected chi connectivity index (χ4v) is 4.18. The number of sulfonamides is 1. The van der Waals surface area contributed by atoms with Crippen LogP contribution in [0.25, 0.3) is 0 Å². The van der Waals surface area contributed by atoms with E-state index in [0.29, 0.717) is 16.6 Å². The molecule has 0 saturated heterocycles. The summed E-state index contributed by atoms with van der Waals surface area (Å²) in [5.74, 6) is 0. The minimum absolute atomic E-state index is 0.291. The lowest BCUT2D eigenvalue weighted by atomic mass is 10.1. The lowest BCUT2D eigenvalue weighted by Crippen LogP contribution is -2.15. The second kappa shape index (κ2) is 6.85. The van der Waals surface area contributed by atoms with Crippen LogP contribution in [0.15, 0.2) is 47.4 Å². The number of benzene rings is 2. The monoisotopic (exact) mass is 344 g/mol. The van der Waals surface area contributed by atoms with Crippen LogP contribution < -0.4 is 10.0 Å². The van der Waals surface area contributed by atoms with Crippen LogP contribution in [0.1, 0.15) is 36.8 Å². The second-order valence-electron chi connectivity index (χ2n) is 6.55. The van der Waals surface area contributed by atoms with Gasteiger partial charge in [0.2, 0.25) is 0 Å². The number of nitrogens with one attached hydrogen (secondary N) is 2. The lowest BCUT2D eigenvalue weighted by Gasteiger charge is -2.14. The maximum absolute atomic E-state index is 12.5. The molecule has 0 heterocycles. The molecule has 0 aromatic heterocycles. The van der Waals surface area contributed by atoms with Crippen LogP contribution in [0.4, 0.5) is 11.4 Å². The van der Waals surface area contributed by atoms with Gasteiger partial charge in [-0.3, -0.25) is 4.72 Å². The summed E-state index contributed by atoms with van der Waals surface area (Å²) in [6.45, 7) is 3.88. The van der Waals surface area contributed by atoms with Gasteiger partial charge in [0.25, 0.3) is 10.0 Å².